The minimum atomic E-state index is -4.00. The van der Waals surface area contributed by atoms with E-state index in [-0.39, 0.29) is 4.90 Å². The highest BCUT2D eigenvalue weighted by atomic mass is 32.2. The predicted octanol–water partition coefficient (Wildman–Crippen LogP) is 3.74. The Hall–Kier alpha value is -3.65. The molecule has 1 N–H and O–H groups in total. The highest BCUT2D eigenvalue weighted by Crippen LogP contribution is 2.25. The number of hydrazone groups is 1. The molecule has 0 unspecified atom stereocenters. The van der Waals surface area contributed by atoms with E-state index in [1.54, 1.807) is 42.5 Å². The highest BCUT2D eigenvalue weighted by molar-refractivity contribution is 7.92. The maximum absolute atomic E-state index is 13.3. The smallest absolute Gasteiger partial charge is 0.264 e. The molecule has 0 aromatic heterocycles. The largest absolute Gasteiger partial charge is 0.494 e. The zero-order valence-corrected chi connectivity index (χ0v) is 18.7. The lowest BCUT2D eigenvalue weighted by Gasteiger charge is -2.23. The number of amides is 1. The molecule has 0 heterocycles. The first-order valence-corrected chi connectivity index (χ1v) is 11.5. The Balaban J connectivity index is 1.80. The summed E-state index contributed by atoms with van der Waals surface area (Å²) < 4.78 is 33.1. The average molecular weight is 452 g/mol. The summed E-state index contributed by atoms with van der Waals surface area (Å²) in [4.78, 5) is 12.6. The van der Waals surface area contributed by atoms with Gasteiger partial charge in [-0.25, -0.2) is 13.8 Å². The zero-order valence-electron chi connectivity index (χ0n) is 17.9. The van der Waals surface area contributed by atoms with Crippen LogP contribution in [0.4, 0.5) is 5.69 Å². The van der Waals surface area contributed by atoms with Crippen LogP contribution in [0.3, 0.4) is 0 Å². The van der Waals surface area contributed by atoms with Crippen LogP contribution in [0.1, 0.15) is 18.1 Å². The van der Waals surface area contributed by atoms with Crippen molar-refractivity contribution in [1.82, 2.24) is 5.43 Å². The number of benzene rings is 3. The van der Waals surface area contributed by atoms with Gasteiger partial charge in [0, 0.05) is 0 Å². The average Bonchev–Trinajstić information content (AvgIpc) is 2.79. The van der Waals surface area contributed by atoms with Gasteiger partial charge in [-0.15, -0.1) is 0 Å². The topological polar surface area (TPSA) is 88.1 Å². The third kappa shape index (κ3) is 5.95. The van der Waals surface area contributed by atoms with Crippen LogP contribution in [-0.4, -0.2) is 33.7 Å². The van der Waals surface area contributed by atoms with Gasteiger partial charge in [-0.2, -0.15) is 5.10 Å². The van der Waals surface area contributed by atoms with Crippen molar-refractivity contribution >= 4 is 27.8 Å². The van der Waals surface area contributed by atoms with E-state index in [4.69, 9.17) is 4.74 Å². The molecular weight excluding hydrogens is 426 g/mol. The second kappa shape index (κ2) is 10.6. The van der Waals surface area contributed by atoms with Gasteiger partial charge in [0.05, 0.1) is 23.4 Å². The summed E-state index contributed by atoms with van der Waals surface area (Å²) in [5.74, 6) is 0.00760. The molecule has 0 atom stereocenters. The van der Waals surface area contributed by atoms with Crippen molar-refractivity contribution in [2.75, 3.05) is 17.5 Å². The fraction of sp³-hybridized carbons (Fsp3) is 0.167. The molecule has 0 saturated heterocycles. The Morgan fingerprint density at radius 2 is 1.75 bits per heavy atom. The van der Waals surface area contributed by atoms with Crippen molar-refractivity contribution in [1.29, 1.82) is 0 Å². The normalized spacial score (nSPS) is 11.3. The number of hydrogen-bond donors (Lipinski definition) is 1. The molecule has 3 aromatic rings. The molecule has 0 bridgehead atoms. The molecule has 0 fully saturated rings. The maximum Gasteiger partial charge on any atom is 0.264 e. The van der Waals surface area contributed by atoms with E-state index in [0.717, 1.165) is 15.4 Å². The second-order valence-corrected chi connectivity index (χ2v) is 8.82. The Morgan fingerprint density at radius 3 is 2.41 bits per heavy atom. The predicted molar refractivity (Wildman–Crippen MR) is 126 cm³/mol. The van der Waals surface area contributed by atoms with Crippen molar-refractivity contribution in [2.45, 2.75) is 18.7 Å². The molecule has 32 heavy (non-hydrogen) atoms. The van der Waals surface area contributed by atoms with Crippen LogP contribution in [0.15, 0.2) is 88.9 Å². The van der Waals surface area contributed by atoms with Gasteiger partial charge in [0.25, 0.3) is 15.9 Å². The molecular formula is C24H25N3O4S. The van der Waals surface area contributed by atoms with Crippen molar-refractivity contribution in [3.05, 3.63) is 90.0 Å². The Kier molecular flexibility index (Phi) is 7.62. The summed E-state index contributed by atoms with van der Waals surface area (Å²) in [6.45, 7) is 3.86. The zero-order chi connectivity index (χ0) is 23.0. The van der Waals surface area contributed by atoms with Crippen LogP contribution in [0, 0.1) is 6.92 Å². The summed E-state index contributed by atoms with van der Waals surface area (Å²) in [6, 6.07) is 22.2. The molecule has 0 saturated carbocycles. The molecule has 3 aromatic carbocycles. The number of nitrogens with zero attached hydrogens (tertiary/aromatic N) is 2. The molecule has 7 nitrogen and oxygen atoms in total. The van der Waals surface area contributed by atoms with Crippen LogP contribution in [0.2, 0.25) is 0 Å². The second-order valence-electron chi connectivity index (χ2n) is 6.96. The summed E-state index contributed by atoms with van der Waals surface area (Å²) in [6.07, 6.45) is 1.51. The van der Waals surface area contributed by atoms with E-state index < -0.39 is 22.5 Å². The summed E-state index contributed by atoms with van der Waals surface area (Å²) in [5, 5.41) is 3.95. The Morgan fingerprint density at radius 1 is 1.03 bits per heavy atom. The molecule has 3 rings (SSSR count). The fourth-order valence-corrected chi connectivity index (χ4v) is 4.43. The minimum Gasteiger partial charge on any atom is -0.494 e. The first-order chi connectivity index (χ1) is 15.4. The Labute approximate surface area is 188 Å². The van der Waals surface area contributed by atoms with Crippen LogP contribution in [0.5, 0.6) is 5.75 Å². The molecule has 0 aliphatic rings. The minimum absolute atomic E-state index is 0.0564. The number of rotatable bonds is 9. The number of nitrogens with one attached hydrogen (secondary N) is 1. The molecule has 0 aliphatic carbocycles. The lowest BCUT2D eigenvalue weighted by molar-refractivity contribution is -0.119. The van der Waals surface area contributed by atoms with E-state index in [0.29, 0.717) is 18.0 Å². The number of hydrogen-bond acceptors (Lipinski definition) is 5. The number of carbonyl (C=O) groups is 1. The number of para-hydroxylation sites is 1. The third-order valence-corrected chi connectivity index (χ3v) is 6.29. The quantitative estimate of drug-likeness (QED) is 0.397. The van der Waals surface area contributed by atoms with Gasteiger partial charge in [-0.3, -0.25) is 9.10 Å². The molecule has 8 heteroatoms. The van der Waals surface area contributed by atoms with Gasteiger partial charge in [-0.05, 0) is 55.8 Å². The van der Waals surface area contributed by atoms with E-state index in [2.05, 4.69) is 10.5 Å². The summed E-state index contributed by atoms with van der Waals surface area (Å²) >= 11 is 0. The molecule has 0 radical (unpaired) electrons. The molecule has 166 valence electrons. The van der Waals surface area contributed by atoms with Gasteiger partial charge in [0.15, 0.2) is 0 Å². The number of carbonyl (C=O) groups excluding carboxylic acids is 1. The van der Waals surface area contributed by atoms with Gasteiger partial charge < -0.3 is 4.74 Å². The van der Waals surface area contributed by atoms with E-state index in [1.807, 2.05) is 38.1 Å². The fourth-order valence-electron chi connectivity index (χ4n) is 3.01. The Bertz CT molecular complexity index is 1180. The number of sulfonamides is 1. The van der Waals surface area contributed by atoms with E-state index >= 15 is 0 Å². The maximum atomic E-state index is 13.3. The van der Waals surface area contributed by atoms with Crippen molar-refractivity contribution < 1.29 is 17.9 Å². The summed E-state index contributed by atoms with van der Waals surface area (Å²) in [5.41, 5.74) is 4.67. The van der Waals surface area contributed by atoms with E-state index in [9.17, 15) is 13.2 Å². The first kappa shape index (κ1) is 23.0. The summed E-state index contributed by atoms with van der Waals surface area (Å²) in [7, 11) is -4.00. The number of ether oxygens (including phenoxy) is 1. The number of anilines is 1. The van der Waals surface area contributed by atoms with Crippen LogP contribution in [0.25, 0.3) is 0 Å². The molecule has 0 aliphatic heterocycles. The lowest BCUT2D eigenvalue weighted by atomic mass is 10.2. The van der Waals surface area contributed by atoms with E-state index in [1.165, 1.54) is 18.3 Å². The molecule has 0 spiro atoms. The monoisotopic (exact) mass is 451 g/mol. The van der Waals surface area contributed by atoms with Gasteiger partial charge in [0.2, 0.25) is 0 Å². The molecule has 1 amide bonds. The van der Waals surface area contributed by atoms with Crippen molar-refractivity contribution in [3.63, 3.8) is 0 Å². The van der Waals surface area contributed by atoms with Gasteiger partial charge in [-0.1, -0.05) is 48.0 Å². The van der Waals surface area contributed by atoms with Crippen molar-refractivity contribution in [3.8, 4) is 5.75 Å². The van der Waals surface area contributed by atoms with Crippen LogP contribution < -0.4 is 14.5 Å². The number of aryl methyl sites for hydroxylation is 1. The highest BCUT2D eigenvalue weighted by Gasteiger charge is 2.27. The standard InChI is InChI=1S/C24H25N3O4S/c1-3-31-22-12-14-23(15-13-22)32(29,30)27(21-10-5-4-6-11-21)18-24(28)26-25-17-20-9-7-8-19(2)16-20/h4-17H,3,18H2,1-2H3,(H,26,28)/b25-17-. The third-order valence-electron chi connectivity index (χ3n) is 4.50. The SMILES string of the molecule is CCOc1ccc(S(=O)(=O)N(CC(=O)N/N=C\c2cccc(C)c2)c2ccccc2)cc1. The first-order valence-electron chi connectivity index (χ1n) is 10.1. The van der Waals surface area contributed by atoms with Crippen LogP contribution >= 0.6 is 0 Å². The van der Waals surface area contributed by atoms with Crippen LogP contribution in [-0.2, 0) is 14.8 Å². The van der Waals surface area contributed by atoms with Gasteiger partial charge >= 0.3 is 0 Å². The van der Waals surface area contributed by atoms with Crippen molar-refractivity contribution in [2.24, 2.45) is 5.10 Å². The van der Waals surface area contributed by atoms with Gasteiger partial charge in [0.1, 0.15) is 12.3 Å². The lowest BCUT2D eigenvalue weighted by Crippen LogP contribution is -2.39.